The van der Waals surface area contributed by atoms with E-state index in [9.17, 15) is 9.59 Å². The van der Waals surface area contributed by atoms with Gasteiger partial charge in [0.2, 0.25) is 6.79 Å². The predicted octanol–water partition coefficient (Wildman–Crippen LogP) is 3.74. The number of hydrogen-bond donors (Lipinski definition) is 0. The maximum atomic E-state index is 13.8. The van der Waals surface area contributed by atoms with E-state index in [4.69, 9.17) is 18.9 Å². The average molecular weight is 730 g/mol. The summed E-state index contributed by atoms with van der Waals surface area (Å²) in [5, 5.41) is 0. The van der Waals surface area contributed by atoms with Gasteiger partial charge in [-0.3, -0.25) is 9.36 Å². The molecule has 0 N–H and O–H groups in total. The van der Waals surface area contributed by atoms with Crippen molar-refractivity contribution >= 4 is 68.6 Å². The molecule has 36 heavy (non-hydrogen) atoms. The Balaban J connectivity index is 1.71. The van der Waals surface area contributed by atoms with Crippen molar-refractivity contribution in [2.45, 2.75) is 19.9 Å². The van der Waals surface area contributed by atoms with E-state index in [2.05, 4.69) is 50.2 Å². The van der Waals surface area contributed by atoms with Crippen LogP contribution >= 0.6 is 56.5 Å². The highest BCUT2D eigenvalue weighted by molar-refractivity contribution is 14.1. The molecule has 186 valence electrons. The number of nitrogens with zero attached hydrogens (tertiary/aromatic N) is 2. The second-order valence-electron chi connectivity index (χ2n) is 7.93. The quantitative estimate of drug-likeness (QED) is 0.294. The van der Waals surface area contributed by atoms with Crippen LogP contribution in [0.1, 0.15) is 31.0 Å². The monoisotopic (exact) mass is 730 g/mol. The number of carbonyl (C=O) groups is 1. The van der Waals surface area contributed by atoms with Crippen molar-refractivity contribution in [2.75, 3.05) is 20.5 Å². The van der Waals surface area contributed by atoms with E-state index in [1.54, 1.807) is 37.7 Å². The molecule has 0 aliphatic carbocycles. The summed E-state index contributed by atoms with van der Waals surface area (Å²) in [5.41, 5.74) is 2.17. The van der Waals surface area contributed by atoms with Gasteiger partial charge in [-0.15, -0.1) is 0 Å². The summed E-state index contributed by atoms with van der Waals surface area (Å²) in [7, 11) is 1.64. The van der Waals surface area contributed by atoms with Gasteiger partial charge in [0.25, 0.3) is 5.56 Å². The molecule has 2 aliphatic heterocycles. The summed E-state index contributed by atoms with van der Waals surface area (Å²) >= 11 is 5.72. The highest BCUT2D eigenvalue weighted by atomic mass is 127. The van der Waals surface area contributed by atoms with Crippen LogP contribution in [0.5, 0.6) is 17.2 Å². The smallest absolute Gasteiger partial charge is 0.338 e. The van der Waals surface area contributed by atoms with Gasteiger partial charge < -0.3 is 18.9 Å². The molecule has 5 rings (SSSR count). The number of allylic oxidation sites excluding steroid dienone is 1. The molecule has 1 atom stereocenters. The van der Waals surface area contributed by atoms with Crippen molar-refractivity contribution in [1.82, 2.24) is 4.57 Å². The summed E-state index contributed by atoms with van der Waals surface area (Å²) in [6, 6.07) is 8.63. The van der Waals surface area contributed by atoms with Crippen molar-refractivity contribution in [3.63, 3.8) is 0 Å². The Kier molecular flexibility index (Phi) is 7.14. The lowest BCUT2D eigenvalue weighted by molar-refractivity contribution is -0.139. The highest BCUT2D eigenvalue weighted by Gasteiger charge is 2.34. The van der Waals surface area contributed by atoms with Gasteiger partial charge >= 0.3 is 5.97 Å². The summed E-state index contributed by atoms with van der Waals surface area (Å²) in [5.74, 6) is 1.48. The van der Waals surface area contributed by atoms with Crippen LogP contribution in [0.25, 0.3) is 6.08 Å². The van der Waals surface area contributed by atoms with E-state index >= 15 is 0 Å². The summed E-state index contributed by atoms with van der Waals surface area (Å²) in [4.78, 5) is 32.0. The summed E-state index contributed by atoms with van der Waals surface area (Å²) in [6.07, 6.45) is 1.84. The molecule has 1 aromatic heterocycles. The van der Waals surface area contributed by atoms with Crippen molar-refractivity contribution < 1.29 is 23.7 Å². The Morgan fingerprint density at radius 1 is 1.22 bits per heavy atom. The number of ether oxygens (including phenoxy) is 4. The molecule has 0 fully saturated rings. The van der Waals surface area contributed by atoms with Crippen LogP contribution in [0, 0.1) is 7.14 Å². The van der Waals surface area contributed by atoms with Gasteiger partial charge in [0.05, 0.1) is 42.7 Å². The second kappa shape index (κ2) is 10.2. The number of carbonyl (C=O) groups excluding carboxylic acids is 1. The summed E-state index contributed by atoms with van der Waals surface area (Å²) in [6.45, 7) is 3.84. The number of thiazole rings is 1. The molecule has 0 radical (unpaired) electrons. The molecule has 11 heteroatoms. The number of fused-ring (bicyclic) bond motifs is 2. The molecule has 3 aromatic rings. The molecule has 0 saturated heterocycles. The van der Waals surface area contributed by atoms with Crippen LogP contribution in [0.4, 0.5) is 0 Å². The topological polar surface area (TPSA) is 88.4 Å². The third kappa shape index (κ3) is 4.45. The number of hydrogen-bond acceptors (Lipinski definition) is 8. The first-order valence-electron chi connectivity index (χ1n) is 10.9. The minimum Gasteiger partial charge on any atom is -0.495 e. The molecule has 0 unspecified atom stereocenters. The zero-order chi connectivity index (χ0) is 25.6. The normalized spacial score (nSPS) is 16.6. The van der Waals surface area contributed by atoms with E-state index in [1.165, 1.54) is 11.3 Å². The number of benzene rings is 2. The Hall–Kier alpha value is -2.39. The molecule has 2 aromatic carbocycles. The molecule has 0 amide bonds. The minimum atomic E-state index is -0.715. The van der Waals surface area contributed by atoms with E-state index in [1.807, 2.05) is 24.3 Å². The lowest BCUT2D eigenvalue weighted by Gasteiger charge is -2.24. The van der Waals surface area contributed by atoms with Gasteiger partial charge in [-0.2, -0.15) is 0 Å². The number of esters is 1. The zero-order valence-corrected chi connectivity index (χ0v) is 24.6. The third-order valence-corrected chi connectivity index (χ3v) is 8.34. The van der Waals surface area contributed by atoms with Crippen LogP contribution in [0.2, 0.25) is 0 Å². The Morgan fingerprint density at radius 2 is 1.94 bits per heavy atom. The predicted molar refractivity (Wildman–Crippen MR) is 151 cm³/mol. The molecule has 0 saturated carbocycles. The van der Waals surface area contributed by atoms with Gasteiger partial charge in [0.1, 0.15) is 5.75 Å². The molecular formula is C25H20I2N2O6S. The van der Waals surface area contributed by atoms with E-state index in [-0.39, 0.29) is 19.0 Å². The molecule has 2 aliphatic rings. The minimum absolute atomic E-state index is 0.126. The SMILES string of the molecule is CCOC(=O)C1=C(C)N=c2s/c(=C/c3cc(I)c(OC)c(I)c3)c(=O)n2[C@@H]1c1ccc2c(c1)OCO2. The average Bonchev–Trinajstić information content (AvgIpc) is 3.42. The maximum Gasteiger partial charge on any atom is 0.338 e. The Morgan fingerprint density at radius 3 is 2.64 bits per heavy atom. The van der Waals surface area contributed by atoms with Gasteiger partial charge in [-0.1, -0.05) is 17.4 Å². The molecule has 3 heterocycles. The van der Waals surface area contributed by atoms with Crippen LogP contribution in [0.15, 0.2) is 51.4 Å². The maximum absolute atomic E-state index is 13.8. The standard InChI is InChI=1S/C25H20I2N2O6S/c1-4-33-24(31)20-12(2)28-25-29(21(20)14-5-6-17-18(10-14)35-11-34-17)23(30)19(36-25)9-13-7-15(26)22(32-3)16(27)8-13/h5-10,21H,4,11H2,1-3H3/b19-9+/t21-/m1/s1. The van der Waals surface area contributed by atoms with E-state index < -0.39 is 12.0 Å². The van der Waals surface area contributed by atoms with Crippen molar-refractivity contribution in [2.24, 2.45) is 4.99 Å². The molecule has 8 nitrogen and oxygen atoms in total. The Labute approximate surface area is 237 Å². The second-order valence-corrected chi connectivity index (χ2v) is 11.3. The van der Waals surface area contributed by atoms with E-state index in [0.29, 0.717) is 37.7 Å². The van der Waals surface area contributed by atoms with Gasteiger partial charge in [0, 0.05) is 0 Å². The van der Waals surface area contributed by atoms with E-state index in [0.717, 1.165) is 18.5 Å². The molecule has 0 bridgehead atoms. The third-order valence-electron chi connectivity index (χ3n) is 5.75. The van der Waals surface area contributed by atoms with Crippen LogP contribution in [-0.4, -0.2) is 31.0 Å². The van der Waals surface area contributed by atoms with Gasteiger partial charge in [-0.25, -0.2) is 9.79 Å². The molecule has 0 spiro atoms. The van der Waals surface area contributed by atoms with Crippen LogP contribution in [0.3, 0.4) is 0 Å². The Bertz CT molecular complexity index is 1580. The van der Waals surface area contributed by atoms with Crippen molar-refractivity contribution in [3.8, 4) is 17.2 Å². The van der Waals surface area contributed by atoms with Crippen LogP contribution < -0.4 is 29.1 Å². The van der Waals surface area contributed by atoms with Crippen molar-refractivity contribution in [3.05, 3.63) is 79.6 Å². The van der Waals surface area contributed by atoms with Crippen molar-refractivity contribution in [1.29, 1.82) is 0 Å². The largest absolute Gasteiger partial charge is 0.495 e. The van der Waals surface area contributed by atoms with Gasteiger partial charge in [0.15, 0.2) is 16.3 Å². The first kappa shape index (κ1) is 25.3. The number of halogens is 2. The highest BCUT2D eigenvalue weighted by Crippen LogP contribution is 2.38. The lowest BCUT2D eigenvalue weighted by atomic mass is 9.95. The first-order valence-corrected chi connectivity index (χ1v) is 13.9. The fourth-order valence-corrected chi connectivity index (χ4v) is 7.50. The molecular weight excluding hydrogens is 710 g/mol. The number of methoxy groups -OCH3 is 1. The fourth-order valence-electron chi connectivity index (χ4n) is 4.20. The number of aromatic nitrogens is 1. The zero-order valence-electron chi connectivity index (χ0n) is 19.5. The fraction of sp³-hybridized carbons (Fsp3) is 0.240. The number of rotatable bonds is 5. The first-order chi connectivity index (χ1) is 17.3. The van der Waals surface area contributed by atoms with Gasteiger partial charge in [-0.05, 0) is 100 Å². The lowest BCUT2D eigenvalue weighted by Crippen LogP contribution is -2.39. The van der Waals surface area contributed by atoms with Crippen LogP contribution in [-0.2, 0) is 9.53 Å². The summed E-state index contributed by atoms with van der Waals surface area (Å²) < 4.78 is 25.8.